The number of β-amino-alcohol motifs (C(OH)–C–C–N with tert-alkyl or cyclic N) is 1. The van der Waals surface area contributed by atoms with Crippen LogP contribution in [0.4, 0.5) is 21.8 Å². The molecule has 5 atom stereocenters. The van der Waals surface area contributed by atoms with Gasteiger partial charge in [0.05, 0.1) is 33.6 Å². The zero-order valence-corrected chi connectivity index (χ0v) is 42.7. The maximum absolute atomic E-state index is 14.7. The third-order valence-electron chi connectivity index (χ3n) is 15.3. The number of hydrogen-bond donors (Lipinski definition) is 5. The number of aryl methyl sites for hydroxylation is 1. The molecule has 0 radical (unpaired) electrons. The van der Waals surface area contributed by atoms with Crippen LogP contribution < -0.4 is 30.9 Å². The zero-order chi connectivity index (χ0) is 51.2. The molecule has 0 spiro atoms. The van der Waals surface area contributed by atoms with E-state index in [0.29, 0.717) is 41.9 Å². The number of aliphatic hydroxyl groups is 1. The molecule has 10 rings (SSSR count). The standard InChI is InChI=1S/C53H65FN12O6S/c1-31-45(73-30-59-31)33-9-10-34(24-56-48(69)42-22-38(67)29-65(42)49(70)46(52(2,3)4)60-50(71)53(54)15-16-53)44(21-33)72-20-19-63-17-13-32(14-18-63)35-25-57-51(58-26-35)66-36-11-12-37(66)28-64(27-36)41-23-40(61-62-47(41)55)39-7-5-6-8-43(39)68/h5-10,21,23,25-26,30,32,36-38,42,46,67-68H,11-20,22,24,27-29H2,1-4H3,(H2,55,62)(H,56,69)(H,60,71)/t36?,37?,38-,42+,46-/m1/s1. The highest BCUT2D eigenvalue weighted by Crippen LogP contribution is 2.42. The van der Waals surface area contributed by atoms with Crippen molar-refractivity contribution in [3.8, 4) is 33.2 Å². The summed E-state index contributed by atoms with van der Waals surface area (Å²) in [4.78, 5) is 64.4. The number of fused-ring (bicyclic) bond motifs is 2. The van der Waals surface area contributed by atoms with Crippen LogP contribution in [0.25, 0.3) is 21.7 Å². The summed E-state index contributed by atoms with van der Waals surface area (Å²) in [6.45, 7) is 11.7. The van der Waals surface area contributed by atoms with Crippen LogP contribution in [0.2, 0.25) is 0 Å². The maximum Gasteiger partial charge on any atom is 0.258 e. The van der Waals surface area contributed by atoms with E-state index in [4.69, 9.17) is 20.4 Å². The maximum atomic E-state index is 14.7. The van der Waals surface area contributed by atoms with Crippen molar-refractivity contribution in [3.05, 3.63) is 83.3 Å². The number of anilines is 3. The van der Waals surface area contributed by atoms with E-state index < -0.39 is 47.0 Å². The molecule has 4 saturated heterocycles. The van der Waals surface area contributed by atoms with E-state index in [2.05, 4.69) is 40.5 Å². The zero-order valence-electron chi connectivity index (χ0n) is 41.8. The van der Waals surface area contributed by atoms with Crippen molar-refractivity contribution in [1.29, 1.82) is 0 Å². The number of alkyl halides is 1. The van der Waals surface area contributed by atoms with Gasteiger partial charge in [-0.1, -0.05) is 45.0 Å². The summed E-state index contributed by atoms with van der Waals surface area (Å²) < 4.78 is 21.2. The first-order valence-corrected chi connectivity index (χ1v) is 26.3. The van der Waals surface area contributed by atoms with E-state index in [1.165, 1.54) is 4.90 Å². The number of nitrogen functional groups attached to an aromatic ring is 1. The molecule has 4 aliphatic heterocycles. The number of ether oxygens (including phenoxy) is 1. The Kier molecular flexibility index (Phi) is 14.0. The lowest BCUT2D eigenvalue weighted by Crippen LogP contribution is -2.59. The first-order valence-electron chi connectivity index (χ1n) is 25.4. The molecule has 18 nitrogen and oxygen atoms in total. The molecule has 20 heteroatoms. The van der Waals surface area contributed by atoms with Crippen molar-refractivity contribution in [1.82, 2.24) is 45.6 Å². The van der Waals surface area contributed by atoms with Gasteiger partial charge < -0.3 is 46.0 Å². The number of rotatable bonds is 15. The number of nitrogens with one attached hydrogen (secondary N) is 2. The number of aliphatic hydroxyl groups excluding tert-OH is 1. The third kappa shape index (κ3) is 10.6. The lowest BCUT2D eigenvalue weighted by Gasteiger charge is -2.42. The highest BCUT2D eigenvalue weighted by molar-refractivity contribution is 7.13. The van der Waals surface area contributed by atoms with Gasteiger partial charge in [-0.05, 0) is 105 Å². The van der Waals surface area contributed by atoms with E-state index in [-0.39, 0.29) is 50.2 Å². The van der Waals surface area contributed by atoms with Crippen LogP contribution in [-0.4, -0.2) is 145 Å². The molecule has 2 bridgehead atoms. The molecule has 5 fully saturated rings. The Bertz CT molecular complexity index is 2820. The van der Waals surface area contributed by atoms with Crippen LogP contribution in [0.5, 0.6) is 11.5 Å². The van der Waals surface area contributed by atoms with Crippen LogP contribution in [0.15, 0.2) is 66.4 Å². The van der Waals surface area contributed by atoms with Gasteiger partial charge in [0.15, 0.2) is 11.5 Å². The summed E-state index contributed by atoms with van der Waals surface area (Å²) in [5, 5.41) is 35.3. The number of phenolic OH excluding ortho intramolecular Hbond substituents is 1. The number of likely N-dealkylation sites (tertiary alicyclic amines) is 2. The number of nitrogens with zero attached hydrogens (tertiary/aromatic N) is 9. The second-order valence-corrected chi connectivity index (χ2v) is 22.3. The highest BCUT2D eigenvalue weighted by atomic mass is 32.1. The summed E-state index contributed by atoms with van der Waals surface area (Å²) in [6.07, 6.45) is 7.29. The molecular formula is C53H65FN12O6S. The normalized spacial score (nSPS) is 22.3. The van der Waals surface area contributed by atoms with Gasteiger partial charge in [0.25, 0.3) is 5.91 Å². The molecule has 5 aliphatic rings. The number of para-hydroxylation sites is 1. The van der Waals surface area contributed by atoms with Crippen LogP contribution >= 0.6 is 11.3 Å². The molecule has 5 aromatic rings. The smallest absolute Gasteiger partial charge is 0.258 e. The number of piperidine rings is 1. The Labute approximate surface area is 428 Å². The predicted octanol–water partition coefficient (Wildman–Crippen LogP) is 5.38. The van der Waals surface area contributed by atoms with Crippen molar-refractivity contribution < 1.29 is 33.7 Å². The minimum Gasteiger partial charge on any atom is -0.507 e. The van der Waals surface area contributed by atoms with Gasteiger partial charge >= 0.3 is 0 Å². The molecule has 2 aromatic carbocycles. The van der Waals surface area contributed by atoms with E-state index in [1.807, 2.05) is 61.2 Å². The number of carbonyl (C=O) groups excluding carboxylic acids is 3. The second kappa shape index (κ2) is 20.4. The Morgan fingerprint density at radius 3 is 2.37 bits per heavy atom. The number of hydrogen-bond acceptors (Lipinski definition) is 16. The molecule has 6 N–H and O–H groups in total. The first kappa shape index (κ1) is 50.0. The number of carbonyl (C=O) groups is 3. The SMILES string of the molecule is Cc1ncsc1-c1ccc(CNC(=O)[C@@H]2C[C@@H](O)CN2C(=O)[C@@H](NC(=O)C2(F)CC2)C(C)(C)C)c(OCCN2CCC(c3cnc(N4C5CCC4CN(c4cc(-c6ccccc6O)nnc4N)C5)nc3)CC2)c1. The molecule has 7 heterocycles. The number of thiazole rings is 1. The molecule has 1 aliphatic carbocycles. The van der Waals surface area contributed by atoms with Gasteiger partial charge in [0.2, 0.25) is 17.8 Å². The Morgan fingerprint density at radius 1 is 0.973 bits per heavy atom. The number of piperazine rings is 1. The van der Waals surface area contributed by atoms with Gasteiger partial charge in [0, 0.05) is 74.7 Å². The average Bonchev–Trinajstić information content (AvgIpc) is 3.64. The predicted molar refractivity (Wildman–Crippen MR) is 276 cm³/mol. The summed E-state index contributed by atoms with van der Waals surface area (Å²) in [6, 6.07) is 13.3. The van der Waals surface area contributed by atoms with Crippen LogP contribution in [-0.2, 0) is 20.9 Å². The van der Waals surface area contributed by atoms with Gasteiger partial charge in [-0.25, -0.2) is 19.3 Å². The minimum atomic E-state index is -1.97. The number of nitrogens with two attached hydrogens (primary N) is 1. The summed E-state index contributed by atoms with van der Waals surface area (Å²) in [7, 11) is 0. The number of amides is 3. The highest BCUT2D eigenvalue weighted by Gasteiger charge is 2.53. The summed E-state index contributed by atoms with van der Waals surface area (Å²) in [5.74, 6) is 0.424. The summed E-state index contributed by atoms with van der Waals surface area (Å²) >= 11 is 1.54. The molecule has 386 valence electrons. The monoisotopic (exact) mass is 1020 g/mol. The quantitative estimate of drug-likeness (QED) is 0.0887. The number of phenols is 1. The molecular weight excluding hydrogens is 952 g/mol. The molecule has 3 aromatic heterocycles. The number of halogens is 1. The Balaban J connectivity index is 0.735. The van der Waals surface area contributed by atoms with Crippen molar-refractivity contribution in [2.75, 3.05) is 61.4 Å². The van der Waals surface area contributed by atoms with Crippen LogP contribution in [0, 0.1) is 12.3 Å². The van der Waals surface area contributed by atoms with E-state index in [1.54, 1.807) is 44.2 Å². The minimum absolute atomic E-state index is 0.0323. The molecule has 73 heavy (non-hydrogen) atoms. The van der Waals surface area contributed by atoms with Gasteiger partial charge in [-0.2, -0.15) is 0 Å². The van der Waals surface area contributed by atoms with E-state index >= 15 is 0 Å². The molecule has 1 saturated carbocycles. The first-order chi connectivity index (χ1) is 35.0. The van der Waals surface area contributed by atoms with Gasteiger partial charge in [-0.15, -0.1) is 21.5 Å². The Morgan fingerprint density at radius 2 is 1.70 bits per heavy atom. The fourth-order valence-electron chi connectivity index (χ4n) is 10.9. The van der Waals surface area contributed by atoms with Crippen molar-refractivity contribution in [2.45, 2.75) is 121 Å². The van der Waals surface area contributed by atoms with Crippen molar-refractivity contribution in [3.63, 3.8) is 0 Å². The molecule has 3 amide bonds. The Hall–Kier alpha value is -6.51. The third-order valence-corrected chi connectivity index (χ3v) is 16.3. The van der Waals surface area contributed by atoms with Crippen LogP contribution in [0.3, 0.4) is 0 Å². The topological polar surface area (TPSA) is 228 Å². The van der Waals surface area contributed by atoms with E-state index in [0.717, 1.165) is 90.8 Å². The number of aromatic nitrogens is 5. The van der Waals surface area contributed by atoms with Gasteiger partial charge in [-0.3, -0.25) is 19.3 Å². The lowest BCUT2D eigenvalue weighted by atomic mass is 9.85. The fraction of sp³-hybridized carbons (Fsp3) is 0.509. The lowest BCUT2D eigenvalue weighted by molar-refractivity contribution is -0.145. The number of benzene rings is 2. The molecule has 2 unspecified atom stereocenters. The summed E-state index contributed by atoms with van der Waals surface area (Å²) in [5.41, 5.74) is 11.2. The largest absolute Gasteiger partial charge is 0.507 e. The van der Waals surface area contributed by atoms with Gasteiger partial charge in [0.1, 0.15) is 30.2 Å². The second-order valence-electron chi connectivity index (χ2n) is 21.4. The van der Waals surface area contributed by atoms with Crippen LogP contribution in [0.1, 0.15) is 88.5 Å². The van der Waals surface area contributed by atoms with Crippen molar-refractivity contribution in [2.24, 2.45) is 5.41 Å². The average molecular weight is 1020 g/mol. The number of aromatic hydroxyl groups is 1. The van der Waals surface area contributed by atoms with E-state index in [9.17, 15) is 29.0 Å². The fourth-order valence-corrected chi connectivity index (χ4v) is 11.7. The van der Waals surface area contributed by atoms with Crippen molar-refractivity contribution >= 4 is 46.5 Å².